The fourth-order valence-electron chi connectivity index (χ4n) is 3.08. The molecular weight excluding hydrogens is 284 g/mol. The molecule has 0 aromatic heterocycles. The number of rotatable bonds is 4. The van der Waals surface area contributed by atoms with E-state index in [1.54, 1.807) is 0 Å². The molecule has 0 amide bonds. The highest BCUT2D eigenvalue weighted by molar-refractivity contribution is 7.91. The standard InChI is InChI=1S/C16H26N2O2S/c1-12-8-9-14(11-16(12)18(2)3)17-13-6-5-7-15(10-13)21(4,19)20/h8-9,11,13,15,17H,5-7,10H2,1-4H3. The van der Waals surface area contributed by atoms with Crippen molar-refractivity contribution in [2.45, 2.75) is 43.9 Å². The number of aryl methyl sites for hydroxylation is 1. The first-order valence-electron chi connectivity index (χ1n) is 7.51. The van der Waals surface area contributed by atoms with Gasteiger partial charge < -0.3 is 10.2 Å². The largest absolute Gasteiger partial charge is 0.382 e. The molecule has 1 aliphatic rings. The number of benzene rings is 1. The molecule has 0 spiro atoms. The third kappa shape index (κ3) is 4.13. The molecule has 2 unspecified atom stereocenters. The Kier molecular flexibility index (Phi) is 4.81. The highest BCUT2D eigenvalue weighted by Crippen LogP contribution is 2.28. The van der Waals surface area contributed by atoms with E-state index in [0.717, 1.165) is 24.9 Å². The quantitative estimate of drug-likeness (QED) is 0.929. The van der Waals surface area contributed by atoms with Gasteiger partial charge in [0.05, 0.1) is 5.25 Å². The van der Waals surface area contributed by atoms with Crippen molar-refractivity contribution in [3.63, 3.8) is 0 Å². The summed E-state index contributed by atoms with van der Waals surface area (Å²) in [5, 5.41) is 3.32. The van der Waals surface area contributed by atoms with E-state index < -0.39 is 9.84 Å². The van der Waals surface area contributed by atoms with E-state index in [9.17, 15) is 8.42 Å². The number of nitrogens with one attached hydrogen (secondary N) is 1. The summed E-state index contributed by atoms with van der Waals surface area (Å²) in [6.07, 6.45) is 4.88. The summed E-state index contributed by atoms with van der Waals surface area (Å²) in [7, 11) is 1.14. The fourth-order valence-corrected chi connectivity index (χ4v) is 4.26. The van der Waals surface area contributed by atoms with Crippen LogP contribution in [0.3, 0.4) is 0 Å². The Hall–Kier alpha value is -1.23. The maximum Gasteiger partial charge on any atom is 0.150 e. The minimum Gasteiger partial charge on any atom is -0.382 e. The summed E-state index contributed by atoms with van der Waals surface area (Å²) in [6.45, 7) is 2.10. The third-order valence-electron chi connectivity index (χ3n) is 4.29. The van der Waals surface area contributed by atoms with Crippen LogP contribution in [-0.2, 0) is 9.84 Å². The molecule has 0 bridgehead atoms. The number of nitrogens with zero attached hydrogens (tertiary/aromatic N) is 1. The molecule has 0 radical (unpaired) electrons. The minimum atomic E-state index is -2.93. The molecule has 118 valence electrons. The lowest BCUT2D eigenvalue weighted by molar-refractivity contribution is 0.453. The van der Waals surface area contributed by atoms with Gasteiger partial charge in [0.25, 0.3) is 0 Å². The average molecular weight is 310 g/mol. The van der Waals surface area contributed by atoms with Gasteiger partial charge in [0.15, 0.2) is 0 Å². The third-order valence-corrected chi connectivity index (χ3v) is 5.93. The molecule has 2 rings (SSSR count). The van der Waals surface area contributed by atoms with Crippen LogP contribution >= 0.6 is 0 Å². The second-order valence-electron chi connectivity index (χ2n) is 6.36. The topological polar surface area (TPSA) is 49.4 Å². The Balaban J connectivity index is 2.09. The smallest absolute Gasteiger partial charge is 0.150 e. The van der Waals surface area contributed by atoms with Crippen molar-refractivity contribution >= 4 is 21.2 Å². The molecule has 1 aromatic rings. The van der Waals surface area contributed by atoms with Crippen LogP contribution in [0.2, 0.25) is 0 Å². The van der Waals surface area contributed by atoms with Gasteiger partial charge in [-0.25, -0.2) is 8.42 Å². The first-order chi connectivity index (χ1) is 9.77. The van der Waals surface area contributed by atoms with Gasteiger partial charge >= 0.3 is 0 Å². The maximum atomic E-state index is 11.7. The number of hydrogen-bond acceptors (Lipinski definition) is 4. The Bertz CT molecular complexity index is 596. The average Bonchev–Trinajstić information content (AvgIpc) is 2.40. The van der Waals surface area contributed by atoms with E-state index in [2.05, 4.69) is 35.3 Å². The second kappa shape index (κ2) is 6.26. The van der Waals surface area contributed by atoms with E-state index >= 15 is 0 Å². The zero-order valence-electron chi connectivity index (χ0n) is 13.4. The van der Waals surface area contributed by atoms with Crippen molar-refractivity contribution in [3.05, 3.63) is 23.8 Å². The Morgan fingerprint density at radius 1 is 1.24 bits per heavy atom. The van der Waals surface area contributed by atoms with E-state index in [4.69, 9.17) is 0 Å². The molecule has 0 heterocycles. The lowest BCUT2D eigenvalue weighted by Crippen LogP contribution is -2.34. The monoisotopic (exact) mass is 310 g/mol. The fraction of sp³-hybridized carbons (Fsp3) is 0.625. The Morgan fingerprint density at radius 3 is 2.57 bits per heavy atom. The van der Waals surface area contributed by atoms with Gasteiger partial charge in [0, 0.05) is 37.8 Å². The summed E-state index contributed by atoms with van der Waals surface area (Å²) in [4.78, 5) is 2.10. The lowest BCUT2D eigenvalue weighted by Gasteiger charge is -2.30. The summed E-state index contributed by atoms with van der Waals surface area (Å²) >= 11 is 0. The molecule has 2 atom stereocenters. The van der Waals surface area contributed by atoms with Crippen LogP contribution < -0.4 is 10.2 Å². The number of anilines is 2. The molecule has 0 saturated heterocycles. The number of hydrogen-bond donors (Lipinski definition) is 1. The van der Waals surface area contributed by atoms with E-state index in [-0.39, 0.29) is 11.3 Å². The van der Waals surface area contributed by atoms with E-state index in [0.29, 0.717) is 6.42 Å². The van der Waals surface area contributed by atoms with Crippen LogP contribution in [0.15, 0.2) is 18.2 Å². The van der Waals surface area contributed by atoms with Gasteiger partial charge in [0.2, 0.25) is 0 Å². The molecule has 1 saturated carbocycles. The predicted octanol–water partition coefficient (Wildman–Crippen LogP) is 2.83. The van der Waals surface area contributed by atoms with Crippen molar-refractivity contribution in [2.75, 3.05) is 30.6 Å². The zero-order valence-corrected chi connectivity index (χ0v) is 14.2. The van der Waals surface area contributed by atoms with Gasteiger partial charge in [-0.1, -0.05) is 12.5 Å². The van der Waals surface area contributed by atoms with Crippen LogP contribution in [0.25, 0.3) is 0 Å². The van der Waals surface area contributed by atoms with Gasteiger partial charge in [-0.05, 0) is 43.9 Å². The second-order valence-corrected chi connectivity index (χ2v) is 8.68. The van der Waals surface area contributed by atoms with Crippen molar-refractivity contribution in [1.29, 1.82) is 0 Å². The van der Waals surface area contributed by atoms with Crippen LogP contribution in [0.4, 0.5) is 11.4 Å². The molecule has 5 heteroatoms. The number of sulfone groups is 1. The molecular formula is C16H26N2O2S. The molecule has 1 aromatic carbocycles. The van der Waals surface area contributed by atoms with Gasteiger partial charge in [-0.15, -0.1) is 0 Å². The predicted molar refractivity (Wildman–Crippen MR) is 90.0 cm³/mol. The van der Waals surface area contributed by atoms with Crippen molar-refractivity contribution in [2.24, 2.45) is 0 Å². The highest BCUT2D eigenvalue weighted by Gasteiger charge is 2.28. The molecule has 1 N–H and O–H groups in total. The summed E-state index contributed by atoms with van der Waals surface area (Å²) in [5.41, 5.74) is 3.50. The lowest BCUT2D eigenvalue weighted by atomic mass is 9.94. The van der Waals surface area contributed by atoms with Crippen LogP contribution in [-0.4, -0.2) is 40.1 Å². The molecule has 4 nitrogen and oxygen atoms in total. The van der Waals surface area contributed by atoms with Crippen molar-refractivity contribution < 1.29 is 8.42 Å². The molecule has 1 fully saturated rings. The summed E-state index contributed by atoms with van der Waals surface area (Å²) in [5.74, 6) is 0. The zero-order chi connectivity index (χ0) is 15.6. The van der Waals surface area contributed by atoms with Gasteiger partial charge in [0.1, 0.15) is 9.84 Å². The van der Waals surface area contributed by atoms with E-state index in [1.165, 1.54) is 17.5 Å². The Morgan fingerprint density at radius 2 is 1.95 bits per heavy atom. The summed E-state index contributed by atoms with van der Waals surface area (Å²) < 4.78 is 23.5. The van der Waals surface area contributed by atoms with Gasteiger partial charge in [-0.2, -0.15) is 0 Å². The molecule has 1 aliphatic carbocycles. The molecule has 21 heavy (non-hydrogen) atoms. The van der Waals surface area contributed by atoms with Crippen LogP contribution in [0.5, 0.6) is 0 Å². The first-order valence-corrected chi connectivity index (χ1v) is 9.46. The van der Waals surface area contributed by atoms with E-state index in [1.807, 2.05) is 14.1 Å². The normalized spacial score (nSPS) is 22.9. The van der Waals surface area contributed by atoms with Gasteiger partial charge in [-0.3, -0.25) is 0 Å². The first kappa shape index (κ1) is 16.1. The maximum absolute atomic E-state index is 11.7. The molecule has 0 aliphatic heterocycles. The van der Waals surface area contributed by atoms with Crippen LogP contribution in [0, 0.1) is 6.92 Å². The van der Waals surface area contributed by atoms with Crippen molar-refractivity contribution in [3.8, 4) is 0 Å². The Labute approximate surface area is 128 Å². The minimum absolute atomic E-state index is 0.192. The SMILES string of the molecule is Cc1ccc(NC2CCCC(S(C)(=O)=O)C2)cc1N(C)C. The van der Waals surface area contributed by atoms with Crippen molar-refractivity contribution in [1.82, 2.24) is 0 Å². The summed E-state index contributed by atoms with van der Waals surface area (Å²) in [6, 6.07) is 6.57. The highest BCUT2D eigenvalue weighted by atomic mass is 32.2. The van der Waals surface area contributed by atoms with Crippen LogP contribution in [0.1, 0.15) is 31.2 Å².